The van der Waals surface area contributed by atoms with Gasteiger partial charge in [-0.2, -0.15) is 0 Å². The summed E-state index contributed by atoms with van der Waals surface area (Å²) in [7, 11) is 0. The van der Waals surface area contributed by atoms with Crippen LogP contribution in [0.15, 0.2) is 110 Å². The maximum atomic E-state index is 5.31. The first-order chi connectivity index (χ1) is 22.6. The monoisotopic (exact) mass is 620 g/mol. The second kappa shape index (κ2) is 13.6. The molecule has 2 heterocycles. The molecule has 47 heavy (non-hydrogen) atoms. The topological polar surface area (TPSA) is 35.6 Å². The number of benzene rings is 4. The van der Waals surface area contributed by atoms with Gasteiger partial charge in [0.15, 0.2) is 0 Å². The molecule has 0 bridgehead atoms. The smallest absolute Gasteiger partial charge is 0.144 e. The molecule has 240 valence electrons. The summed E-state index contributed by atoms with van der Waals surface area (Å²) in [5.41, 5.74) is 12.4. The van der Waals surface area contributed by atoms with Gasteiger partial charge < -0.3 is 0 Å². The van der Waals surface area contributed by atoms with E-state index in [1.54, 1.807) is 0 Å². The van der Waals surface area contributed by atoms with Crippen molar-refractivity contribution < 1.29 is 0 Å². The van der Waals surface area contributed by atoms with Gasteiger partial charge in [0.1, 0.15) is 11.6 Å². The summed E-state index contributed by atoms with van der Waals surface area (Å²) < 4.78 is 4.64. The summed E-state index contributed by atoms with van der Waals surface area (Å²) in [6.07, 6.45) is 7.02. The summed E-state index contributed by atoms with van der Waals surface area (Å²) >= 11 is 0. The van der Waals surface area contributed by atoms with Gasteiger partial charge in [-0.25, -0.2) is 9.97 Å². The lowest BCUT2D eigenvalue weighted by molar-refractivity contribution is 0.806. The maximum absolute atomic E-state index is 5.31. The van der Waals surface area contributed by atoms with E-state index < -0.39 is 0 Å². The van der Waals surface area contributed by atoms with Gasteiger partial charge in [-0.15, -0.1) is 0 Å². The highest BCUT2D eigenvalue weighted by molar-refractivity contribution is 5.65. The first-order valence-electron chi connectivity index (χ1n) is 17.2. The van der Waals surface area contributed by atoms with E-state index in [1.165, 1.54) is 39.2 Å². The van der Waals surface area contributed by atoms with Gasteiger partial charge in [-0.05, 0) is 57.6 Å². The van der Waals surface area contributed by atoms with Crippen molar-refractivity contribution in [3.63, 3.8) is 0 Å². The molecule has 6 rings (SSSR count). The highest BCUT2D eigenvalue weighted by atomic mass is 15.1. The summed E-state index contributed by atoms with van der Waals surface area (Å²) in [5, 5.41) is 0. The molecule has 0 saturated carbocycles. The molecule has 0 aliphatic carbocycles. The summed E-state index contributed by atoms with van der Waals surface area (Å²) in [6.45, 7) is 18.2. The van der Waals surface area contributed by atoms with Crippen molar-refractivity contribution in [1.82, 2.24) is 19.1 Å². The third-order valence-corrected chi connectivity index (χ3v) is 9.17. The SMILES string of the molecule is CC(C)c1cccc(C(C)C)c1-n1ccnc1-c1cccc(Cc2cn(-c3c(C(C)C)cccc3C(C)C)c(-c3ccccc3)n2)c1. The first kappa shape index (κ1) is 32.2. The third kappa shape index (κ3) is 6.47. The van der Waals surface area contributed by atoms with Gasteiger partial charge in [-0.1, -0.05) is 140 Å². The van der Waals surface area contributed by atoms with Crippen molar-refractivity contribution in [2.24, 2.45) is 0 Å². The molecule has 0 fully saturated rings. The molecule has 0 radical (unpaired) electrons. The largest absolute Gasteiger partial charge is 0.299 e. The van der Waals surface area contributed by atoms with Gasteiger partial charge in [0.05, 0.1) is 17.1 Å². The van der Waals surface area contributed by atoms with Crippen LogP contribution in [0.5, 0.6) is 0 Å². The lowest BCUT2D eigenvalue weighted by atomic mass is 9.92. The molecule has 4 nitrogen and oxygen atoms in total. The van der Waals surface area contributed by atoms with E-state index in [1.807, 2.05) is 6.20 Å². The van der Waals surface area contributed by atoms with Crippen molar-refractivity contribution in [3.05, 3.63) is 143 Å². The third-order valence-electron chi connectivity index (χ3n) is 9.17. The molecule has 0 spiro atoms. The van der Waals surface area contributed by atoms with Crippen LogP contribution in [0.4, 0.5) is 0 Å². The minimum absolute atomic E-state index is 0.385. The number of nitrogens with zero attached hydrogens (tertiary/aromatic N) is 4. The maximum Gasteiger partial charge on any atom is 0.144 e. The fourth-order valence-corrected chi connectivity index (χ4v) is 6.78. The van der Waals surface area contributed by atoms with Crippen LogP contribution in [0, 0.1) is 0 Å². The van der Waals surface area contributed by atoms with Gasteiger partial charge in [0.25, 0.3) is 0 Å². The Bertz CT molecular complexity index is 1920. The Balaban J connectivity index is 1.44. The standard InChI is InChI=1S/C43H48N4/c1-28(2)36-19-13-20-37(29(3)4)40(36)46-24-23-44-42(46)34-18-12-15-32(25-34)26-35-27-47(43(45-35)33-16-10-9-11-17-33)41-38(30(5)6)21-14-22-39(41)31(7)8/h9-25,27-31H,26H2,1-8H3. The molecule has 0 N–H and O–H groups in total. The van der Waals surface area contributed by atoms with Gasteiger partial charge in [0, 0.05) is 36.1 Å². The van der Waals surface area contributed by atoms with E-state index >= 15 is 0 Å². The zero-order chi connectivity index (χ0) is 33.2. The Hall–Kier alpha value is -4.70. The van der Waals surface area contributed by atoms with Crippen LogP contribution in [0.3, 0.4) is 0 Å². The molecule has 0 atom stereocenters. The molecule has 4 heteroatoms. The molecule has 0 amide bonds. The Labute approximate surface area is 281 Å². The van der Waals surface area contributed by atoms with Crippen molar-refractivity contribution in [1.29, 1.82) is 0 Å². The first-order valence-corrected chi connectivity index (χ1v) is 17.2. The second-order valence-electron chi connectivity index (χ2n) is 14.0. The van der Waals surface area contributed by atoms with Gasteiger partial charge in [0.2, 0.25) is 0 Å². The zero-order valence-electron chi connectivity index (χ0n) is 29.2. The van der Waals surface area contributed by atoms with Crippen LogP contribution in [-0.2, 0) is 6.42 Å². The van der Waals surface area contributed by atoms with E-state index in [-0.39, 0.29) is 0 Å². The predicted molar refractivity (Wildman–Crippen MR) is 197 cm³/mol. The fraction of sp³-hybridized carbons (Fsp3) is 0.302. The van der Waals surface area contributed by atoms with Gasteiger partial charge >= 0.3 is 0 Å². The Kier molecular flexibility index (Phi) is 9.31. The fourth-order valence-electron chi connectivity index (χ4n) is 6.78. The number of hydrogen-bond acceptors (Lipinski definition) is 2. The van der Waals surface area contributed by atoms with Crippen LogP contribution in [-0.4, -0.2) is 19.1 Å². The summed E-state index contributed by atoms with van der Waals surface area (Å²) in [5.74, 6) is 3.51. The Morgan fingerprint density at radius 3 is 1.60 bits per heavy atom. The van der Waals surface area contributed by atoms with E-state index in [0.29, 0.717) is 23.7 Å². The minimum Gasteiger partial charge on any atom is -0.299 e. The molecule has 2 aromatic heterocycles. The number of hydrogen-bond donors (Lipinski definition) is 0. The predicted octanol–water partition coefficient (Wildman–Crippen LogP) is 11.5. The number of aromatic nitrogens is 4. The van der Waals surface area contributed by atoms with Crippen LogP contribution >= 0.6 is 0 Å². The minimum atomic E-state index is 0.385. The van der Waals surface area contributed by atoms with Crippen LogP contribution in [0.25, 0.3) is 34.2 Å². The molecule has 6 aromatic rings. The number of imidazole rings is 2. The van der Waals surface area contributed by atoms with Crippen LogP contribution < -0.4 is 0 Å². The van der Waals surface area contributed by atoms with Crippen molar-refractivity contribution >= 4 is 0 Å². The van der Waals surface area contributed by atoms with E-state index in [2.05, 4.69) is 168 Å². The van der Waals surface area contributed by atoms with Crippen molar-refractivity contribution in [3.8, 4) is 34.2 Å². The van der Waals surface area contributed by atoms with Gasteiger partial charge in [-0.3, -0.25) is 9.13 Å². The highest BCUT2D eigenvalue weighted by Crippen LogP contribution is 2.36. The van der Waals surface area contributed by atoms with E-state index in [0.717, 1.165) is 34.9 Å². The molecular formula is C43H48N4. The average molecular weight is 621 g/mol. The second-order valence-corrected chi connectivity index (χ2v) is 14.0. The molecule has 0 unspecified atom stereocenters. The molecule has 0 saturated heterocycles. The lowest BCUT2D eigenvalue weighted by Gasteiger charge is -2.22. The molecular weight excluding hydrogens is 573 g/mol. The zero-order valence-corrected chi connectivity index (χ0v) is 29.2. The van der Waals surface area contributed by atoms with E-state index in [9.17, 15) is 0 Å². The summed E-state index contributed by atoms with van der Waals surface area (Å²) in [6, 6.07) is 32.9. The average Bonchev–Trinajstić information content (AvgIpc) is 3.72. The number of rotatable bonds is 10. The Morgan fingerprint density at radius 1 is 0.532 bits per heavy atom. The number of para-hydroxylation sites is 2. The Morgan fingerprint density at radius 2 is 1.04 bits per heavy atom. The summed E-state index contributed by atoms with van der Waals surface area (Å²) in [4.78, 5) is 10.2. The van der Waals surface area contributed by atoms with E-state index in [4.69, 9.17) is 9.97 Å². The molecule has 0 aliphatic rings. The molecule has 0 aliphatic heterocycles. The lowest BCUT2D eigenvalue weighted by Crippen LogP contribution is -2.08. The van der Waals surface area contributed by atoms with Crippen LogP contribution in [0.1, 0.15) is 113 Å². The highest BCUT2D eigenvalue weighted by Gasteiger charge is 2.22. The quantitative estimate of drug-likeness (QED) is 0.153. The normalized spacial score (nSPS) is 11.8. The van der Waals surface area contributed by atoms with Crippen molar-refractivity contribution in [2.45, 2.75) is 85.5 Å². The van der Waals surface area contributed by atoms with Crippen molar-refractivity contribution in [2.75, 3.05) is 0 Å². The molecule has 4 aromatic carbocycles. The van der Waals surface area contributed by atoms with Crippen LogP contribution in [0.2, 0.25) is 0 Å².